The van der Waals surface area contributed by atoms with E-state index in [0.717, 1.165) is 26.7 Å². The number of nitrogens with two attached hydrogens (primary N) is 1. The van der Waals surface area contributed by atoms with Crippen LogP contribution in [0.15, 0.2) is 60.1 Å². The standard InChI is InChI=1S/C29H30N6O4S/c1-4-35(11-12-36)29(38)33-21-15-31-27(30)25-19(16-40-26(21)25)17-9-10-20(24(14-17)39-3)32-28(37)23-13-18-7-5-6-8-22(18)34(23)2/h5-10,13-16,36H,4,11-12H2,1-3H3,(H2,30,31)(H,32,37)(H,33,38). The van der Waals surface area contributed by atoms with Crippen molar-refractivity contribution in [3.05, 3.63) is 65.8 Å². The number of nitrogen functional groups attached to an aromatic ring is 1. The molecule has 0 fully saturated rings. The molecular formula is C29H30N6O4S. The molecule has 0 aliphatic carbocycles. The molecular weight excluding hydrogens is 528 g/mol. The van der Waals surface area contributed by atoms with Crippen molar-refractivity contribution in [2.75, 3.05) is 43.2 Å². The SMILES string of the molecule is CCN(CCO)C(=O)Nc1cnc(N)c2c(-c3ccc(NC(=O)c4cc5ccccc5n4C)c(OC)c3)csc12. The van der Waals surface area contributed by atoms with E-state index in [0.29, 0.717) is 40.6 Å². The van der Waals surface area contributed by atoms with E-state index in [1.807, 2.05) is 66.4 Å². The maximum absolute atomic E-state index is 13.2. The van der Waals surface area contributed by atoms with E-state index < -0.39 is 0 Å². The Bertz CT molecular complexity index is 1730. The number of carbonyl (C=O) groups is 2. The molecule has 0 saturated carbocycles. The molecule has 206 valence electrons. The fraction of sp³-hybridized carbons (Fsp3) is 0.207. The van der Waals surface area contributed by atoms with Crippen molar-refractivity contribution in [2.24, 2.45) is 7.05 Å². The number of pyridine rings is 1. The van der Waals surface area contributed by atoms with Gasteiger partial charge in [-0.3, -0.25) is 4.79 Å². The predicted octanol–water partition coefficient (Wildman–Crippen LogP) is 5.14. The number of aliphatic hydroxyl groups excluding tert-OH is 1. The molecule has 2 aromatic carbocycles. The number of aliphatic hydroxyl groups is 1. The molecule has 40 heavy (non-hydrogen) atoms. The molecule has 0 spiro atoms. The number of fused-ring (bicyclic) bond motifs is 2. The smallest absolute Gasteiger partial charge is 0.321 e. The fourth-order valence-electron chi connectivity index (χ4n) is 4.74. The monoisotopic (exact) mass is 558 g/mol. The van der Waals surface area contributed by atoms with E-state index in [9.17, 15) is 14.7 Å². The Morgan fingerprint density at radius 1 is 1.15 bits per heavy atom. The number of anilines is 3. The third-order valence-corrected chi connectivity index (χ3v) is 7.86. The second kappa shape index (κ2) is 11.2. The van der Waals surface area contributed by atoms with Crippen LogP contribution in [-0.4, -0.2) is 58.3 Å². The number of aromatic nitrogens is 2. The third-order valence-electron chi connectivity index (χ3n) is 6.85. The summed E-state index contributed by atoms with van der Waals surface area (Å²) in [5, 5.41) is 18.8. The second-order valence-electron chi connectivity index (χ2n) is 9.16. The van der Waals surface area contributed by atoms with Gasteiger partial charge in [-0.2, -0.15) is 0 Å². The van der Waals surface area contributed by atoms with E-state index in [-0.39, 0.29) is 25.1 Å². The lowest BCUT2D eigenvalue weighted by Gasteiger charge is -2.20. The molecule has 0 aliphatic heterocycles. The van der Waals surface area contributed by atoms with Crippen molar-refractivity contribution < 1.29 is 19.4 Å². The molecule has 11 heteroatoms. The number of urea groups is 1. The van der Waals surface area contributed by atoms with Crippen LogP contribution in [0, 0.1) is 0 Å². The summed E-state index contributed by atoms with van der Waals surface area (Å²) in [5.41, 5.74) is 10.5. The second-order valence-corrected chi connectivity index (χ2v) is 10.0. The topological polar surface area (TPSA) is 135 Å². The van der Waals surface area contributed by atoms with Gasteiger partial charge in [0.25, 0.3) is 5.91 Å². The number of para-hydroxylation sites is 1. The first-order chi connectivity index (χ1) is 19.4. The summed E-state index contributed by atoms with van der Waals surface area (Å²) in [6, 6.07) is 14.9. The molecule has 5 rings (SSSR count). The number of aryl methyl sites for hydroxylation is 1. The zero-order valence-corrected chi connectivity index (χ0v) is 23.2. The van der Waals surface area contributed by atoms with Gasteiger partial charge >= 0.3 is 6.03 Å². The Kier molecular flexibility index (Phi) is 7.58. The van der Waals surface area contributed by atoms with Crippen LogP contribution < -0.4 is 21.1 Å². The average molecular weight is 559 g/mol. The quantitative estimate of drug-likeness (QED) is 0.208. The van der Waals surface area contributed by atoms with Gasteiger partial charge < -0.3 is 35.7 Å². The van der Waals surface area contributed by atoms with E-state index in [1.54, 1.807) is 13.2 Å². The van der Waals surface area contributed by atoms with Crippen LogP contribution in [0.2, 0.25) is 0 Å². The molecule has 5 aromatic rings. The summed E-state index contributed by atoms with van der Waals surface area (Å²) >= 11 is 1.44. The summed E-state index contributed by atoms with van der Waals surface area (Å²) in [6.07, 6.45) is 1.54. The molecule has 3 heterocycles. The van der Waals surface area contributed by atoms with E-state index >= 15 is 0 Å². The lowest BCUT2D eigenvalue weighted by molar-refractivity contribution is 0.101. The number of rotatable bonds is 8. The first-order valence-corrected chi connectivity index (χ1v) is 13.6. The highest BCUT2D eigenvalue weighted by molar-refractivity contribution is 7.18. The van der Waals surface area contributed by atoms with Gasteiger partial charge in [0.05, 0.1) is 36.0 Å². The number of methoxy groups -OCH3 is 1. The molecule has 0 radical (unpaired) electrons. The summed E-state index contributed by atoms with van der Waals surface area (Å²) < 4.78 is 8.28. The Morgan fingerprint density at radius 3 is 2.67 bits per heavy atom. The molecule has 0 aliphatic rings. The van der Waals surface area contributed by atoms with Gasteiger partial charge in [-0.25, -0.2) is 9.78 Å². The van der Waals surface area contributed by atoms with Gasteiger partial charge in [0.1, 0.15) is 17.3 Å². The predicted molar refractivity (Wildman–Crippen MR) is 160 cm³/mol. The molecule has 5 N–H and O–H groups in total. The van der Waals surface area contributed by atoms with E-state index in [4.69, 9.17) is 10.5 Å². The zero-order chi connectivity index (χ0) is 28.4. The third kappa shape index (κ3) is 4.92. The minimum absolute atomic E-state index is 0.125. The van der Waals surface area contributed by atoms with Crippen LogP contribution in [0.25, 0.3) is 32.1 Å². The number of thiophene rings is 1. The maximum Gasteiger partial charge on any atom is 0.321 e. The van der Waals surface area contributed by atoms with Gasteiger partial charge in [0.2, 0.25) is 0 Å². The fourth-order valence-corrected chi connectivity index (χ4v) is 5.80. The van der Waals surface area contributed by atoms with Crippen LogP contribution >= 0.6 is 11.3 Å². The Balaban J connectivity index is 1.45. The number of benzene rings is 2. The van der Waals surface area contributed by atoms with Crippen LogP contribution in [-0.2, 0) is 7.05 Å². The lowest BCUT2D eigenvalue weighted by atomic mass is 10.0. The van der Waals surface area contributed by atoms with E-state index in [1.165, 1.54) is 22.4 Å². The lowest BCUT2D eigenvalue weighted by Crippen LogP contribution is -2.36. The number of hydrogen-bond acceptors (Lipinski definition) is 7. The van der Waals surface area contributed by atoms with Gasteiger partial charge in [-0.1, -0.05) is 24.3 Å². The molecule has 0 saturated heterocycles. The van der Waals surface area contributed by atoms with Crippen LogP contribution in [0.4, 0.5) is 22.0 Å². The van der Waals surface area contributed by atoms with Gasteiger partial charge in [0.15, 0.2) is 0 Å². The maximum atomic E-state index is 13.2. The molecule has 0 bridgehead atoms. The largest absolute Gasteiger partial charge is 0.495 e. The highest BCUT2D eigenvalue weighted by Gasteiger charge is 2.20. The summed E-state index contributed by atoms with van der Waals surface area (Å²) in [6.45, 7) is 2.40. The number of nitrogens with zero attached hydrogens (tertiary/aromatic N) is 3. The Labute approximate surface area is 235 Å². The van der Waals surface area contributed by atoms with E-state index in [2.05, 4.69) is 15.6 Å². The van der Waals surface area contributed by atoms with Crippen molar-refractivity contribution in [2.45, 2.75) is 6.92 Å². The molecule has 0 unspecified atom stereocenters. The molecule has 3 amide bonds. The number of nitrogens with one attached hydrogen (secondary N) is 2. The van der Waals surface area contributed by atoms with Crippen molar-refractivity contribution in [1.29, 1.82) is 0 Å². The highest BCUT2D eigenvalue weighted by Crippen LogP contribution is 2.42. The van der Waals surface area contributed by atoms with Crippen molar-refractivity contribution in [3.63, 3.8) is 0 Å². The Hall–Kier alpha value is -4.61. The van der Waals surface area contributed by atoms with Gasteiger partial charge in [0, 0.05) is 47.4 Å². The normalized spacial score (nSPS) is 11.1. The minimum Gasteiger partial charge on any atom is -0.495 e. The van der Waals surface area contributed by atoms with Crippen molar-refractivity contribution in [1.82, 2.24) is 14.5 Å². The molecule has 0 atom stereocenters. The minimum atomic E-state index is -0.327. The number of hydrogen-bond donors (Lipinski definition) is 4. The first kappa shape index (κ1) is 27.0. The first-order valence-electron chi connectivity index (χ1n) is 12.7. The summed E-state index contributed by atoms with van der Waals surface area (Å²) in [5.74, 6) is 0.573. The number of amides is 3. The Morgan fingerprint density at radius 2 is 1.95 bits per heavy atom. The summed E-state index contributed by atoms with van der Waals surface area (Å²) in [7, 11) is 3.41. The molecule has 10 nitrogen and oxygen atoms in total. The number of ether oxygens (including phenoxy) is 1. The van der Waals surface area contributed by atoms with Crippen LogP contribution in [0.1, 0.15) is 17.4 Å². The zero-order valence-electron chi connectivity index (χ0n) is 22.4. The van der Waals surface area contributed by atoms with Crippen LogP contribution in [0.3, 0.4) is 0 Å². The number of likely N-dealkylation sites (N-methyl/N-ethyl adjacent to an activating group) is 1. The highest BCUT2D eigenvalue weighted by atomic mass is 32.1. The van der Waals surface area contributed by atoms with Crippen molar-refractivity contribution in [3.8, 4) is 16.9 Å². The van der Waals surface area contributed by atoms with Crippen molar-refractivity contribution >= 4 is 61.5 Å². The summed E-state index contributed by atoms with van der Waals surface area (Å²) in [4.78, 5) is 31.7. The average Bonchev–Trinajstić information content (AvgIpc) is 3.56. The van der Waals surface area contributed by atoms with Gasteiger partial charge in [-0.05, 0) is 36.8 Å². The van der Waals surface area contributed by atoms with Gasteiger partial charge in [-0.15, -0.1) is 11.3 Å². The number of carbonyl (C=O) groups excluding carboxylic acids is 2. The van der Waals surface area contributed by atoms with Crippen LogP contribution in [0.5, 0.6) is 5.75 Å². The molecule has 3 aromatic heterocycles.